The molecule has 2 N–H and O–H groups in total. The number of ether oxygens (including phenoxy) is 1. The summed E-state index contributed by atoms with van der Waals surface area (Å²) in [4.78, 5) is 26.0. The zero-order valence-electron chi connectivity index (χ0n) is 24.4. The van der Waals surface area contributed by atoms with Gasteiger partial charge in [0.25, 0.3) is 0 Å². The van der Waals surface area contributed by atoms with Crippen LogP contribution < -0.4 is 5.73 Å². The molecule has 2 aromatic carbocycles. The highest BCUT2D eigenvalue weighted by molar-refractivity contribution is 5.87. The lowest BCUT2D eigenvalue weighted by Crippen LogP contribution is -2.48. The number of carbonyl (C=O) groups is 1. The van der Waals surface area contributed by atoms with Crippen LogP contribution in [0.25, 0.3) is 11.0 Å². The lowest BCUT2D eigenvalue weighted by Gasteiger charge is -2.45. The number of nitrogens with two attached hydrogens (primary N) is 1. The Labute approximate surface area is 242 Å². The van der Waals surface area contributed by atoms with E-state index in [9.17, 15) is 4.79 Å². The number of hydrogen-bond acceptors (Lipinski definition) is 6. The Bertz CT molecular complexity index is 1520. The first-order valence-corrected chi connectivity index (χ1v) is 15.0. The molecule has 0 saturated heterocycles. The van der Waals surface area contributed by atoms with Crippen LogP contribution in [0.3, 0.4) is 0 Å². The molecule has 0 aliphatic heterocycles. The van der Waals surface area contributed by atoms with Gasteiger partial charge in [0.2, 0.25) is 0 Å². The number of fused-ring (bicyclic) bond motifs is 2. The maximum absolute atomic E-state index is 13.6. The van der Waals surface area contributed by atoms with E-state index in [4.69, 9.17) is 20.4 Å². The van der Waals surface area contributed by atoms with Crippen LogP contribution in [0.2, 0.25) is 0 Å². The number of nitrogens with zero attached hydrogens (tertiary/aromatic N) is 4. The standard InChI is InChI=1S/C34H41N5O2/c1-33(2,3)41-32(40)39-28-16-8-7-15-27(28)37-30(39)23-38(29-17-9-11-24-12-10-22-36-31(24)29)26-18-20-34(35,21-19-26)25-13-5-4-6-14-25/h4-8,10,12-16,22,26,29H,9,11,17-21,23,35H2,1-3H3. The minimum Gasteiger partial charge on any atom is -0.443 e. The van der Waals surface area contributed by atoms with Gasteiger partial charge < -0.3 is 10.5 Å². The van der Waals surface area contributed by atoms with Crippen LogP contribution in [0.1, 0.15) is 88.0 Å². The van der Waals surface area contributed by atoms with Crippen molar-refractivity contribution in [3.05, 3.63) is 95.6 Å². The summed E-state index contributed by atoms with van der Waals surface area (Å²) in [6.07, 6.45) is 8.45. The normalized spacial score (nSPS) is 23.0. The molecule has 7 heteroatoms. The van der Waals surface area contributed by atoms with E-state index < -0.39 is 11.7 Å². The second-order valence-electron chi connectivity index (χ2n) is 12.7. The topological polar surface area (TPSA) is 86.3 Å². The molecule has 0 bridgehead atoms. The van der Waals surface area contributed by atoms with Crippen LogP contribution in [-0.2, 0) is 23.2 Å². The molecule has 41 heavy (non-hydrogen) atoms. The quantitative estimate of drug-likeness (QED) is 0.291. The molecule has 2 aliphatic rings. The van der Waals surface area contributed by atoms with Gasteiger partial charge in [-0.2, -0.15) is 0 Å². The van der Waals surface area contributed by atoms with E-state index in [1.54, 1.807) is 4.57 Å². The van der Waals surface area contributed by atoms with Crippen LogP contribution in [0.5, 0.6) is 0 Å². The second-order valence-corrected chi connectivity index (χ2v) is 12.7. The van der Waals surface area contributed by atoms with Crippen molar-refractivity contribution in [2.45, 2.75) is 95.5 Å². The van der Waals surface area contributed by atoms with Gasteiger partial charge in [0.1, 0.15) is 11.4 Å². The van der Waals surface area contributed by atoms with E-state index in [0.29, 0.717) is 18.4 Å². The van der Waals surface area contributed by atoms with Gasteiger partial charge in [-0.25, -0.2) is 14.3 Å². The van der Waals surface area contributed by atoms with E-state index in [2.05, 4.69) is 35.2 Å². The number of rotatable bonds is 5. The first-order chi connectivity index (χ1) is 19.7. The fourth-order valence-electron chi connectivity index (χ4n) is 6.77. The largest absolute Gasteiger partial charge is 0.443 e. The molecular formula is C34H41N5O2. The Morgan fingerprint density at radius 1 is 1.02 bits per heavy atom. The Balaban J connectivity index is 1.37. The average molecular weight is 552 g/mol. The number of imidazole rings is 1. The zero-order valence-corrected chi connectivity index (χ0v) is 24.4. The molecule has 0 radical (unpaired) electrons. The van der Waals surface area contributed by atoms with E-state index in [1.807, 2.05) is 63.4 Å². The van der Waals surface area contributed by atoms with Crippen molar-refractivity contribution < 1.29 is 9.53 Å². The summed E-state index contributed by atoms with van der Waals surface area (Å²) in [6.45, 7) is 6.22. The number of para-hydroxylation sites is 2. The van der Waals surface area contributed by atoms with Crippen molar-refractivity contribution in [2.75, 3.05) is 0 Å². The van der Waals surface area contributed by atoms with E-state index in [0.717, 1.165) is 61.7 Å². The van der Waals surface area contributed by atoms with Gasteiger partial charge in [0.15, 0.2) is 0 Å². The first-order valence-electron chi connectivity index (χ1n) is 15.0. The van der Waals surface area contributed by atoms with Crippen molar-refractivity contribution >= 4 is 17.1 Å². The number of aryl methyl sites for hydroxylation is 1. The molecule has 2 heterocycles. The SMILES string of the molecule is CC(C)(C)OC(=O)n1c(CN(C2CCC(N)(c3ccccc3)CC2)C2CCCc3cccnc32)nc2ccccc21. The molecule has 0 amide bonds. The van der Waals surface area contributed by atoms with Crippen molar-refractivity contribution in [1.29, 1.82) is 0 Å². The lowest BCUT2D eigenvalue weighted by molar-refractivity contribution is 0.0483. The predicted molar refractivity (Wildman–Crippen MR) is 161 cm³/mol. The Morgan fingerprint density at radius 3 is 2.51 bits per heavy atom. The molecule has 1 fully saturated rings. The smallest absolute Gasteiger partial charge is 0.420 e. The third kappa shape index (κ3) is 5.66. The van der Waals surface area contributed by atoms with Crippen LogP contribution in [0.15, 0.2) is 72.9 Å². The molecule has 6 rings (SSSR count). The molecule has 7 nitrogen and oxygen atoms in total. The van der Waals surface area contributed by atoms with Crippen molar-refractivity contribution in [2.24, 2.45) is 5.73 Å². The highest BCUT2D eigenvalue weighted by Gasteiger charge is 2.39. The summed E-state index contributed by atoms with van der Waals surface area (Å²) in [7, 11) is 0. The van der Waals surface area contributed by atoms with Gasteiger partial charge in [-0.3, -0.25) is 9.88 Å². The Morgan fingerprint density at radius 2 is 1.76 bits per heavy atom. The van der Waals surface area contributed by atoms with Crippen molar-refractivity contribution in [3.8, 4) is 0 Å². The number of carbonyl (C=O) groups excluding carboxylic acids is 1. The fourth-order valence-corrected chi connectivity index (χ4v) is 6.77. The minimum atomic E-state index is -0.614. The molecule has 2 aromatic heterocycles. The molecule has 1 atom stereocenters. The molecule has 1 saturated carbocycles. The Kier molecular flexibility index (Phi) is 7.43. The summed E-state index contributed by atoms with van der Waals surface area (Å²) in [5, 5.41) is 0. The third-order valence-electron chi connectivity index (χ3n) is 8.76. The highest BCUT2D eigenvalue weighted by Crippen LogP contribution is 2.42. The maximum Gasteiger partial charge on any atom is 0.420 e. The summed E-state index contributed by atoms with van der Waals surface area (Å²) in [5.41, 5.74) is 11.3. The molecule has 4 aromatic rings. The van der Waals surface area contributed by atoms with Crippen LogP contribution in [0.4, 0.5) is 4.79 Å². The molecule has 2 aliphatic carbocycles. The highest BCUT2D eigenvalue weighted by atomic mass is 16.6. The monoisotopic (exact) mass is 551 g/mol. The molecular weight excluding hydrogens is 510 g/mol. The fraction of sp³-hybridized carbons (Fsp3) is 0.441. The molecule has 214 valence electrons. The average Bonchev–Trinajstić information content (AvgIpc) is 3.34. The second kappa shape index (κ2) is 11.0. The summed E-state index contributed by atoms with van der Waals surface area (Å²) >= 11 is 0. The Hall–Kier alpha value is -3.55. The molecule has 0 spiro atoms. The lowest BCUT2D eigenvalue weighted by atomic mass is 9.74. The van der Waals surface area contributed by atoms with Crippen LogP contribution >= 0.6 is 0 Å². The number of pyridine rings is 1. The van der Waals surface area contributed by atoms with Gasteiger partial charge in [0.05, 0.1) is 29.3 Å². The zero-order chi connectivity index (χ0) is 28.6. The first kappa shape index (κ1) is 27.6. The van der Waals surface area contributed by atoms with Gasteiger partial charge in [-0.05, 0) is 95.0 Å². The van der Waals surface area contributed by atoms with Crippen LogP contribution in [0, 0.1) is 0 Å². The van der Waals surface area contributed by atoms with Gasteiger partial charge in [-0.15, -0.1) is 0 Å². The summed E-state index contributed by atoms with van der Waals surface area (Å²) in [5.74, 6) is 0.705. The van der Waals surface area contributed by atoms with Gasteiger partial charge in [0, 0.05) is 17.8 Å². The number of benzene rings is 2. The maximum atomic E-state index is 13.6. The summed E-state index contributed by atoms with van der Waals surface area (Å²) in [6, 6.07) is 23.0. The van der Waals surface area contributed by atoms with E-state index >= 15 is 0 Å². The van der Waals surface area contributed by atoms with Gasteiger partial charge in [-0.1, -0.05) is 48.5 Å². The van der Waals surface area contributed by atoms with E-state index in [-0.39, 0.29) is 11.6 Å². The van der Waals surface area contributed by atoms with Crippen LogP contribution in [-0.4, -0.2) is 37.2 Å². The molecule has 1 unspecified atom stereocenters. The number of aromatic nitrogens is 3. The third-order valence-corrected chi connectivity index (χ3v) is 8.76. The van der Waals surface area contributed by atoms with Crippen molar-refractivity contribution in [3.63, 3.8) is 0 Å². The van der Waals surface area contributed by atoms with Crippen molar-refractivity contribution in [1.82, 2.24) is 19.4 Å². The van der Waals surface area contributed by atoms with E-state index in [1.165, 1.54) is 11.1 Å². The summed E-state index contributed by atoms with van der Waals surface area (Å²) < 4.78 is 7.55. The van der Waals surface area contributed by atoms with Gasteiger partial charge >= 0.3 is 6.09 Å². The minimum absolute atomic E-state index is 0.152. The number of hydrogen-bond donors (Lipinski definition) is 1. The predicted octanol–water partition coefficient (Wildman–Crippen LogP) is 6.89.